The van der Waals surface area contributed by atoms with E-state index in [2.05, 4.69) is 10.3 Å². The van der Waals surface area contributed by atoms with Gasteiger partial charge in [-0.1, -0.05) is 11.3 Å². The van der Waals surface area contributed by atoms with Crippen LogP contribution < -0.4 is 11.1 Å². The normalized spacial score (nSPS) is 20.0. The van der Waals surface area contributed by atoms with Gasteiger partial charge in [-0.2, -0.15) is 0 Å². The van der Waals surface area contributed by atoms with Crippen LogP contribution in [0.2, 0.25) is 0 Å². The molecule has 2 rings (SSSR count). The lowest BCUT2D eigenvalue weighted by atomic mass is 10.1. The van der Waals surface area contributed by atoms with Crippen LogP contribution in [0.4, 0.5) is 10.9 Å². The molecule has 0 aromatic carbocycles. The summed E-state index contributed by atoms with van der Waals surface area (Å²) < 4.78 is 5.35. The van der Waals surface area contributed by atoms with Crippen molar-refractivity contribution in [1.29, 1.82) is 0 Å². The fraction of sp³-hybridized carbons (Fsp3) is 0.692. The van der Waals surface area contributed by atoms with Crippen LogP contribution >= 0.6 is 11.3 Å². The number of thiazole rings is 1. The van der Waals surface area contributed by atoms with E-state index < -0.39 is 0 Å². The van der Waals surface area contributed by atoms with Crippen molar-refractivity contribution < 1.29 is 9.53 Å². The lowest BCUT2D eigenvalue weighted by molar-refractivity contribution is 0.00391. The van der Waals surface area contributed by atoms with E-state index in [1.807, 2.05) is 27.7 Å². The highest BCUT2D eigenvalue weighted by molar-refractivity contribution is 7.18. The third kappa shape index (κ3) is 3.40. The Bertz CT molecular complexity index is 495. The maximum absolute atomic E-state index is 12.5. The van der Waals surface area contributed by atoms with Crippen LogP contribution in [0, 0.1) is 0 Å². The van der Waals surface area contributed by atoms with Gasteiger partial charge in [-0.05, 0) is 27.7 Å². The molecule has 1 saturated heterocycles. The van der Waals surface area contributed by atoms with Gasteiger partial charge in [-0.3, -0.25) is 4.79 Å². The fourth-order valence-corrected chi connectivity index (χ4v) is 3.07. The van der Waals surface area contributed by atoms with E-state index in [0.717, 1.165) is 0 Å². The summed E-state index contributed by atoms with van der Waals surface area (Å²) in [4.78, 5) is 19.1. The molecular formula is C13H22N4O2S. The molecule has 6 nitrogen and oxygen atoms in total. The Morgan fingerprint density at radius 3 is 2.85 bits per heavy atom. The Morgan fingerprint density at radius 1 is 1.55 bits per heavy atom. The summed E-state index contributed by atoms with van der Waals surface area (Å²) in [5.74, 6) is 0.239. The third-order valence-electron chi connectivity index (χ3n) is 2.96. The van der Waals surface area contributed by atoms with Gasteiger partial charge < -0.3 is 20.7 Å². The number of morpholine rings is 1. The molecule has 0 bridgehead atoms. The summed E-state index contributed by atoms with van der Waals surface area (Å²) in [6.07, 6.45) is 0. The lowest BCUT2D eigenvalue weighted by Gasteiger charge is -2.32. The van der Waals surface area contributed by atoms with Gasteiger partial charge in [0.25, 0.3) is 5.91 Å². The average molecular weight is 298 g/mol. The first-order valence-electron chi connectivity index (χ1n) is 6.71. The van der Waals surface area contributed by atoms with Crippen molar-refractivity contribution in [1.82, 2.24) is 9.88 Å². The Labute approximate surface area is 123 Å². The highest BCUT2D eigenvalue weighted by atomic mass is 32.1. The van der Waals surface area contributed by atoms with Crippen LogP contribution in [0.5, 0.6) is 0 Å². The fourth-order valence-electron chi connectivity index (χ4n) is 2.02. The van der Waals surface area contributed by atoms with Gasteiger partial charge in [-0.25, -0.2) is 4.98 Å². The smallest absolute Gasteiger partial charge is 0.268 e. The molecule has 1 aliphatic heterocycles. The van der Waals surface area contributed by atoms with Crippen LogP contribution in [-0.4, -0.2) is 47.1 Å². The maximum atomic E-state index is 12.5. The number of amides is 1. The molecule has 1 aliphatic rings. The molecule has 20 heavy (non-hydrogen) atoms. The number of carbonyl (C=O) groups excluding carboxylic acids is 1. The molecule has 0 saturated carbocycles. The van der Waals surface area contributed by atoms with E-state index in [0.29, 0.717) is 35.6 Å². The number of aromatic nitrogens is 1. The molecule has 1 amide bonds. The minimum Gasteiger partial charge on any atom is -0.382 e. The van der Waals surface area contributed by atoms with Crippen LogP contribution in [0.3, 0.4) is 0 Å². The Kier molecular flexibility index (Phi) is 4.19. The summed E-state index contributed by atoms with van der Waals surface area (Å²) >= 11 is 1.31. The van der Waals surface area contributed by atoms with E-state index in [4.69, 9.17) is 10.5 Å². The first-order chi connectivity index (χ1) is 9.28. The van der Waals surface area contributed by atoms with E-state index in [-0.39, 0.29) is 17.5 Å². The number of hydrogen-bond acceptors (Lipinski definition) is 6. The van der Waals surface area contributed by atoms with Crippen molar-refractivity contribution in [2.75, 3.05) is 30.8 Å². The molecule has 0 aliphatic carbocycles. The van der Waals surface area contributed by atoms with Gasteiger partial charge in [0.15, 0.2) is 5.13 Å². The van der Waals surface area contributed by atoms with Crippen molar-refractivity contribution in [2.45, 2.75) is 39.3 Å². The zero-order valence-electron chi connectivity index (χ0n) is 12.4. The first kappa shape index (κ1) is 15.1. The minimum atomic E-state index is -0.114. The Balaban J connectivity index is 2.17. The van der Waals surface area contributed by atoms with Crippen molar-refractivity contribution in [3.8, 4) is 0 Å². The number of hydrogen-bond donors (Lipinski definition) is 2. The van der Waals surface area contributed by atoms with E-state index >= 15 is 0 Å². The van der Waals surface area contributed by atoms with Gasteiger partial charge in [0.05, 0.1) is 19.3 Å². The highest BCUT2D eigenvalue weighted by Crippen LogP contribution is 2.29. The molecule has 112 valence electrons. The Morgan fingerprint density at radius 2 is 2.25 bits per heavy atom. The molecule has 2 heterocycles. The summed E-state index contributed by atoms with van der Waals surface area (Å²) in [5.41, 5.74) is 5.78. The molecule has 1 fully saturated rings. The SMILES string of the molecule is CC1COCCN1C(=O)c1sc(NC(C)(C)C)nc1N. The zero-order valence-corrected chi connectivity index (χ0v) is 13.2. The van der Waals surface area contributed by atoms with Gasteiger partial charge in [-0.15, -0.1) is 0 Å². The number of carbonyl (C=O) groups is 1. The van der Waals surface area contributed by atoms with Crippen LogP contribution in [0.15, 0.2) is 0 Å². The highest BCUT2D eigenvalue weighted by Gasteiger charge is 2.28. The second-order valence-electron chi connectivity index (χ2n) is 6.03. The standard InChI is InChI=1S/C13H22N4O2S/c1-8-7-19-6-5-17(8)11(18)9-10(14)15-12(20-9)16-13(2,3)4/h8H,5-7,14H2,1-4H3,(H,15,16). The van der Waals surface area contributed by atoms with E-state index in [9.17, 15) is 4.79 Å². The molecule has 1 atom stereocenters. The number of rotatable bonds is 2. The van der Waals surface area contributed by atoms with E-state index in [1.54, 1.807) is 4.90 Å². The molecular weight excluding hydrogens is 276 g/mol. The van der Waals surface area contributed by atoms with Crippen molar-refractivity contribution in [2.24, 2.45) is 0 Å². The van der Waals surface area contributed by atoms with Gasteiger partial charge in [0.2, 0.25) is 0 Å². The molecule has 7 heteroatoms. The molecule has 1 aromatic rings. The quantitative estimate of drug-likeness (QED) is 0.870. The topological polar surface area (TPSA) is 80.5 Å². The number of nitrogens with one attached hydrogen (secondary N) is 1. The maximum Gasteiger partial charge on any atom is 0.268 e. The summed E-state index contributed by atoms with van der Waals surface area (Å²) in [7, 11) is 0. The van der Waals surface area contributed by atoms with Crippen molar-refractivity contribution in [3.05, 3.63) is 4.88 Å². The second kappa shape index (κ2) is 5.57. The summed E-state index contributed by atoms with van der Waals surface area (Å²) in [5, 5.41) is 3.92. The third-order valence-corrected chi connectivity index (χ3v) is 3.93. The van der Waals surface area contributed by atoms with Crippen LogP contribution in [0.1, 0.15) is 37.4 Å². The Hall–Kier alpha value is -1.34. The number of nitrogens with two attached hydrogens (primary N) is 1. The largest absolute Gasteiger partial charge is 0.382 e. The number of ether oxygens (including phenoxy) is 1. The lowest BCUT2D eigenvalue weighted by Crippen LogP contribution is -2.47. The number of anilines is 2. The first-order valence-corrected chi connectivity index (χ1v) is 7.53. The van der Waals surface area contributed by atoms with Gasteiger partial charge in [0.1, 0.15) is 10.7 Å². The monoisotopic (exact) mass is 298 g/mol. The number of nitrogens with zero attached hydrogens (tertiary/aromatic N) is 2. The van der Waals surface area contributed by atoms with Crippen molar-refractivity contribution in [3.63, 3.8) is 0 Å². The van der Waals surface area contributed by atoms with Crippen LogP contribution in [0.25, 0.3) is 0 Å². The molecule has 1 unspecified atom stereocenters. The zero-order chi connectivity index (χ0) is 14.9. The average Bonchev–Trinajstić information content (AvgIpc) is 2.67. The van der Waals surface area contributed by atoms with Gasteiger partial charge >= 0.3 is 0 Å². The molecule has 0 spiro atoms. The summed E-state index contributed by atoms with van der Waals surface area (Å²) in [6.45, 7) is 9.82. The molecule has 1 aromatic heterocycles. The molecule has 3 N–H and O–H groups in total. The number of nitrogen functional groups attached to an aromatic ring is 1. The minimum absolute atomic E-state index is 0.0576. The van der Waals surface area contributed by atoms with Gasteiger partial charge in [0, 0.05) is 12.1 Å². The van der Waals surface area contributed by atoms with Crippen molar-refractivity contribution >= 4 is 28.2 Å². The molecule has 0 radical (unpaired) electrons. The second-order valence-corrected chi connectivity index (χ2v) is 7.03. The predicted octanol–water partition coefficient (Wildman–Crippen LogP) is 1.80. The van der Waals surface area contributed by atoms with Crippen LogP contribution in [-0.2, 0) is 4.74 Å². The predicted molar refractivity (Wildman–Crippen MR) is 81.2 cm³/mol. The van der Waals surface area contributed by atoms with E-state index in [1.165, 1.54) is 11.3 Å². The summed E-state index contributed by atoms with van der Waals surface area (Å²) in [6, 6.07) is 0.0665.